The van der Waals surface area contributed by atoms with Gasteiger partial charge >= 0.3 is 11.9 Å². The SMILES string of the molecule is O=C(CN1CCN(C(=O)Cc2cccs2)CC1)c1ccco1.O=C(O)C(=O)O. The molecular weight excluding hydrogens is 388 g/mol. The molecule has 0 aromatic carbocycles. The summed E-state index contributed by atoms with van der Waals surface area (Å²) in [5.74, 6) is -3.09. The Labute approximate surface area is 164 Å². The Morgan fingerprint density at radius 3 is 2.18 bits per heavy atom. The van der Waals surface area contributed by atoms with E-state index < -0.39 is 11.9 Å². The Morgan fingerprint density at radius 1 is 1.00 bits per heavy atom. The number of ketones is 1. The normalized spacial score (nSPS) is 14.1. The van der Waals surface area contributed by atoms with Crippen molar-refractivity contribution in [3.05, 3.63) is 46.5 Å². The minimum Gasteiger partial charge on any atom is -0.473 e. The molecule has 1 aliphatic rings. The van der Waals surface area contributed by atoms with Crippen molar-refractivity contribution < 1.29 is 33.8 Å². The van der Waals surface area contributed by atoms with Crippen molar-refractivity contribution in [2.75, 3.05) is 32.7 Å². The highest BCUT2D eigenvalue weighted by Crippen LogP contribution is 2.12. The van der Waals surface area contributed by atoms with Gasteiger partial charge in [0.05, 0.1) is 19.2 Å². The minimum atomic E-state index is -1.82. The molecule has 2 N–H and O–H groups in total. The van der Waals surface area contributed by atoms with Crippen LogP contribution in [0.4, 0.5) is 0 Å². The van der Waals surface area contributed by atoms with Crippen molar-refractivity contribution >= 4 is 35.0 Å². The van der Waals surface area contributed by atoms with Crippen LogP contribution in [-0.2, 0) is 20.8 Å². The molecule has 0 saturated carbocycles. The van der Waals surface area contributed by atoms with Crippen LogP contribution in [0.5, 0.6) is 0 Å². The maximum Gasteiger partial charge on any atom is 0.414 e. The lowest BCUT2D eigenvalue weighted by Gasteiger charge is -2.34. The molecule has 2 aromatic heterocycles. The molecule has 1 saturated heterocycles. The Balaban J connectivity index is 0.000000409. The van der Waals surface area contributed by atoms with E-state index in [0.29, 0.717) is 31.8 Å². The summed E-state index contributed by atoms with van der Waals surface area (Å²) in [6.07, 6.45) is 1.98. The average Bonchev–Trinajstić information content (AvgIpc) is 3.36. The average molecular weight is 408 g/mol. The molecule has 10 heteroatoms. The number of carboxylic acid groups (broad SMARTS) is 2. The number of hydrogen-bond acceptors (Lipinski definition) is 7. The van der Waals surface area contributed by atoms with Gasteiger partial charge in [-0.15, -0.1) is 11.3 Å². The van der Waals surface area contributed by atoms with Crippen LogP contribution in [0.2, 0.25) is 0 Å². The highest BCUT2D eigenvalue weighted by molar-refractivity contribution is 7.10. The van der Waals surface area contributed by atoms with Gasteiger partial charge in [-0.2, -0.15) is 0 Å². The molecule has 1 amide bonds. The first kappa shape index (κ1) is 21.3. The first-order valence-corrected chi connectivity index (χ1v) is 9.30. The Bertz CT molecular complexity index is 782. The van der Waals surface area contributed by atoms with Gasteiger partial charge in [-0.3, -0.25) is 14.5 Å². The maximum atomic E-state index is 12.2. The zero-order valence-electron chi connectivity index (χ0n) is 14.9. The summed E-state index contributed by atoms with van der Waals surface area (Å²) in [4.78, 5) is 47.4. The van der Waals surface area contributed by atoms with E-state index in [-0.39, 0.29) is 11.7 Å². The van der Waals surface area contributed by atoms with Crippen molar-refractivity contribution in [1.29, 1.82) is 0 Å². The van der Waals surface area contributed by atoms with Crippen molar-refractivity contribution in [1.82, 2.24) is 9.80 Å². The number of carbonyl (C=O) groups is 4. The quantitative estimate of drug-likeness (QED) is 0.555. The first-order valence-electron chi connectivity index (χ1n) is 8.42. The number of carbonyl (C=O) groups excluding carboxylic acids is 2. The summed E-state index contributed by atoms with van der Waals surface area (Å²) >= 11 is 1.61. The lowest BCUT2D eigenvalue weighted by atomic mass is 10.2. The zero-order valence-corrected chi connectivity index (χ0v) is 15.8. The van der Waals surface area contributed by atoms with Crippen LogP contribution in [0.25, 0.3) is 0 Å². The van der Waals surface area contributed by atoms with Crippen molar-refractivity contribution in [2.45, 2.75) is 6.42 Å². The highest BCUT2D eigenvalue weighted by atomic mass is 32.1. The van der Waals surface area contributed by atoms with Gasteiger partial charge in [-0.25, -0.2) is 9.59 Å². The second kappa shape index (κ2) is 10.4. The molecule has 0 spiro atoms. The van der Waals surface area contributed by atoms with Gasteiger partial charge in [0.25, 0.3) is 0 Å². The fourth-order valence-electron chi connectivity index (χ4n) is 2.55. The van der Waals surface area contributed by atoms with E-state index in [9.17, 15) is 9.59 Å². The second-order valence-corrected chi connectivity index (χ2v) is 6.96. The molecule has 0 unspecified atom stereocenters. The van der Waals surface area contributed by atoms with E-state index in [1.165, 1.54) is 6.26 Å². The lowest BCUT2D eigenvalue weighted by Crippen LogP contribution is -2.50. The van der Waals surface area contributed by atoms with Crippen LogP contribution < -0.4 is 0 Å². The van der Waals surface area contributed by atoms with Crippen LogP contribution in [0.3, 0.4) is 0 Å². The third-order valence-corrected chi connectivity index (χ3v) is 4.85. The van der Waals surface area contributed by atoms with Crippen LogP contribution in [0.15, 0.2) is 40.3 Å². The third-order valence-electron chi connectivity index (χ3n) is 3.98. The van der Waals surface area contributed by atoms with Crippen molar-refractivity contribution in [3.8, 4) is 0 Å². The van der Waals surface area contributed by atoms with E-state index >= 15 is 0 Å². The summed E-state index contributed by atoms with van der Waals surface area (Å²) in [6, 6.07) is 7.35. The number of piperazine rings is 1. The summed E-state index contributed by atoms with van der Waals surface area (Å²) in [5, 5.41) is 16.8. The van der Waals surface area contributed by atoms with Gasteiger partial charge < -0.3 is 19.5 Å². The molecular formula is C18H20N2O7S. The number of Topliss-reactive ketones (excluding diaryl/α,β-unsaturated/α-hetero) is 1. The van der Waals surface area contributed by atoms with Gasteiger partial charge in [-0.05, 0) is 23.6 Å². The lowest BCUT2D eigenvalue weighted by molar-refractivity contribution is -0.159. The topological polar surface area (TPSA) is 128 Å². The molecule has 0 aliphatic carbocycles. The summed E-state index contributed by atoms with van der Waals surface area (Å²) in [6.45, 7) is 3.15. The fraction of sp³-hybridized carbons (Fsp3) is 0.333. The number of amides is 1. The van der Waals surface area contributed by atoms with Gasteiger partial charge in [0.15, 0.2) is 5.76 Å². The van der Waals surface area contributed by atoms with E-state index in [1.54, 1.807) is 23.5 Å². The largest absolute Gasteiger partial charge is 0.473 e. The van der Waals surface area contributed by atoms with Gasteiger partial charge in [0.2, 0.25) is 11.7 Å². The Kier molecular flexibility index (Phi) is 7.90. The number of hydrogen-bond donors (Lipinski definition) is 2. The minimum absolute atomic E-state index is 0.0108. The third kappa shape index (κ3) is 6.63. The number of nitrogens with zero attached hydrogens (tertiary/aromatic N) is 2. The Hall–Kier alpha value is -2.98. The summed E-state index contributed by atoms with van der Waals surface area (Å²) < 4.78 is 5.12. The first-order chi connectivity index (χ1) is 13.4. The smallest absolute Gasteiger partial charge is 0.414 e. The summed E-state index contributed by atoms with van der Waals surface area (Å²) in [7, 11) is 0. The van der Waals surface area contributed by atoms with Crippen molar-refractivity contribution in [2.24, 2.45) is 0 Å². The van der Waals surface area contributed by atoms with Gasteiger partial charge in [-0.1, -0.05) is 6.07 Å². The molecule has 1 fully saturated rings. The summed E-state index contributed by atoms with van der Waals surface area (Å²) in [5.41, 5.74) is 0. The molecule has 1 aliphatic heterocycles. The maximum absolute atomic E-state index is 12.2. The molecule has 0 atom stereocenters. The van der Waals surface area contributed by atoms with Crippen LogP contribution in [-0.4, -0.2) is 76.4 Å². The van der Waals surface area contributed by atoms with Gasteiger partial charge in [0, 0.05) is 31.1 Å². The van der Waals surface area contributed by atoms with Crippen LogP contribution >= 0.6 is 11.3 Å². The monoisotopic (exact) mass is 408 g/mol. The predicted octanol–water partition coefficient (Wildman–Crippen LogP) is 1.07. The number of thiophene rings is 1. The predicted molar refractivity (Wildman–Crippen MR) is 99.4 cm³/mol. The Morgan fingerprint density at radius 2 is 1.68 bits per heavy atom. The molecule has 0 bridgehead atoms. The molecule has 28 heavy (non-hydrogen) atoms. The van der Waals surface area contributed by atoms with E-state index in [4.69, 9.17) is 24.2 Å². The zero-order chi connectivity index (χ0) is 20.5. The van der Waals surface area contributed by atoms with Crippen LogP contribution in [0.1, 0.15) is 15.4 Å². The molecule has 0 radical (unpaired) electrons. The number of furan rings is 1. The van der Waals surface area contributed by atoms with E-state index in [0.717, 1.165) is 18.0 Å². The number of rotatable bonds is 5. The highest BCUT2D eigenvalue weighted by Gasteiger charge is 2.23. The second-order valence-electron chi connectivity index (χ2n) is 5.92. The van der Waals surface area contributed by atoms with E-state index in [1.807, 2.05) is 22.4 Å². The molecule has 150 valence electrons. The standard InChI is InChI=1S/C16H18N2O3S.C2H2O4/c19-14(15-4-1-9-21-15)12-17-5-7-18(8-6-17)16(20)11-13-3-2-10-22-13;3-1(4)2(5)6/h1-4,9-10H,5-8,11-12H2;(H,3,4)(H,5,6). The molecule has 2 aromatic rings. The number of aliphatic carboxylic acids is 2. The number of carboxylic acids is 2. The molecule has 3 rings (SSSR count). The van der Waals surface area contributed by atoms with Gasteiger partial charge in [0.1, 0.15) is 0 Å². The van der Waals surface area contributed by atoms with E-state index in [2.05, 4.69) is 4.90 Å². The fourth-order valence-corrected chi connectivity index (χ4v) is 3.24. The molecule has 9 nitrogen and oxygen atoms in total. The van der Waals surface area contributed by atoms with Crippen LogP contribution in [0, 0.1) is 0 Å². The van der Waals surface area contributed by atoms with Crippen molar-refractivity contribution in [3.63, 3.8) is 0 Å². The molecule has 3 heterocycles.